The molecule has 0 aliphatic rings. The van der Waals surface area contributed by atoms with Crippen LogP contribution in [-0.2, 0) is 5.60 Å². The summed E-state index contributed by atoms with van der Waals surface area (Å²) in [6, 6.07) is 23.7. The van der Waals surface area contributed by atoms with Crippen molar-refractivity contribution in [3.05, 3.63) is 95.0 Å². The molecule has 0 aliphatic heterocycles. The van der Waals surface area contributed by atoms with E-state index in [0.717, 1.165) is 5.56 Å². The van der Waals surface area contributed by atoms with Crippen molar-refractivity contribution in [2.24, 2.45) is 0 Å². The number of hydrogen-bond donors (Lipinski definition) is 0. The number of hydrogen-bond acceptors (Lipinski definition) is 3. The highest BCUT2D eigenvalue weighted by Gasteiger charge is 2.22. The number of rotatable bonds is 5. The number of halogens is 1. The molecule has 0 heterocycles. The molecule has 0 N–H and O–H groups in total. The maximum Gasteiger partial charge on any atom is 0.343 e. The van der Waals surface area contributed by atoms with Gasteiger partial charge in [0.2, 0.25) is 0 Å². The highest BCUT2D eigenvalue weighted by Crippen LogP contribution is 2.28. The van der Waals surface area contributed by atoms with Gasteiger partial charge in [-0.25, -0.2) is 4.79 Å². The topological polar surface area (TPSA) is 35.5 Å². The van der Waals surface area contributed by atoms with E-state index in [9.17, 15) is 4.79 Å². The van der Waals surface area contributed by atoms with E-state index in [4.69, 9.17) is 21.1 Å². The zero-order valence-electron chi connectivity index (χ0n) is 14.6. The van der Waals surface area contributed by atoms with Gasteiger partial charge in [0.1, 0.15) is 17.1 Å². The smallest absolute Gasteiger partial charge is 0.343 e. The van der Waals surface area contributed by atoms with Gasteiger partial charge in [0.15, 0.2) is 0 Å². The summed E-state index contributed by atoms with van der Waals surface area (Å²) in [5, 5.41) is 0.394. The zero-order chi connectivity index (χ0) is 18.6. The molecule has 0 saturated carbocycles. The van der Waals surface area contributed by atoms with E-state index in [1.54, 1.807) is 48.5 Å². The van der Waals surface area contributed by atoms with E-state index in [-0.39, 0.29) is 0 Å². The third-order valence-corrected chi connectivity index (χ3v) is 4.28. The Morgan fingerprint density at radius 2 is 1.46 bits per heavy atom. The molecule has 0 spiro atoms. The molecule has 3 rings (SSSR count). The molecule has 0 fully saturated rings. The molecule has 0 bridgehead atoms. The largest absolute Gasteiger partial charge is 0.483 e. The standard InChI is InChI=1S/C22H19ClO3/c1-22(2,17-8-4-3-5-9-17)26-18-14-12-16(13-15-18)21(24)25-20-11-7-6-10-19(20)23/h3-15H,1-2H3. The minimum Gasteiger partial charge on any atom is -0.483 e. The second kappa shape index (κ2) is 7.63. The van der Waals surface area contributed by atoms with Crippen LogP contribution in [0.5, 0.6) is 11.5 Å². The van der Waals surface area contributed by atoms with Crippen molar-refractivity contribution < 1.29 is 14.3 Å². The van der Waals surface area contributed by atoms with E-state index in [1.165, 1.54) is 0 Å². The van der Waals surface area contributed by atoms with Crippen molar-refractivity contribution in [3.8, 4) is 11.5 Å². The minimum absolute atomic E-state index is 0.338. The van der Waals surface area contributed by atoms with E-state index in [2.05, 4.69) is 0 Å². The molecule has 26 heavy (non-hydrogen) atoms. The molecule has 0 aromatic heterocycles. The minimum atomic E-state index is -0.485. The quantitative estimate of drug-likeness (QED) is 0.418. The van der Waals surface area contributed by atoms with Gasteiger partial charge in [-0.05, 0) is 55.8 Å². The molecular formula is C22H19ClO3. The van der Waals surface area contributed by atoms with Crippen LogP contribution in [0.4, 0.5) is 0 Å². The second-order valence-electron chi connectivity index (χ2n) is 6.32. The lowest BCUT2D eigenvalue weighted by Gasteiger charge is -2.27. The van der Waals surface area contributed by atoms with Crippen LogP contribution in [0.1, 0.15) is 29.8 Å². The fourth-order valence-corrected chi connectivity index (χ4v) is 2.71. The summed E-state index contributed by atoms with van der Waals surface area (Å²) in [5.41, 5.74) is 1.01. The van der Waals surface area contributed by atoms with Crippen LogP contribution in [0.25, 0.3) is 0 Å². The van der Waals surface area contributed by atoms with Crippen molar-refractivity contribution in [1.82, 2.24) is 0 Å². The van der Waals surface area contributed by atoms with Gasteiger partial charge in [0, 0.05) is 0 Å². The van der Waals surface area contributed by atoms with Crippen molar-refractivity contribution in [1.29, 1.82) is 0 Å². The first-order chi connectivity index (χ1) is 12.5. The molecule has 0 aliphatic carbocycles. The summed E-state index contributed by atoms with van der Waals surface area (Å²) in [5.74, 6) is 0.546. The second-order valence-corrected chi connectivity index (χ2v) is 6.73. The summed E-state index contributed by atoms with van der Waals surface area (Å²) in [4.78, 5) is 12.3. The maximum atomic E-state index is 12.3. The average molecular weight is 367 g/mol. The van der Waals surface area contributed by atoms with Gasteiger partial charge >= 0.3 is 5.97 Å². The van der Waals surface area contributed by atoms with Crippen LogP contribution in [-0.4, -0.2) is 5.97 Å². The molecule has 4 heteroatoms. The van der Waals surface area contributed by atoms with Gasteiger partial charge in [-0.15, -0.1) is 0 Å². The van der Waals surface area contributed by atoms with Gasteiger partial charge in [-0.1, -0.05) is 54.1 Å². The third-order valence-electron chi connectivity index (χ3n) is 3.97. The Hall–Kier alpha value is -2.78. The number of ether oxygens (including phenoxy) is 2. The van der Waals surface area contributed by atoms with Gasteiger partial charge in [-0.2, -0.15) is 0 Å². The van der Waals surface area contributed by atoms with Crippen LogP contribution in [0.2, 0.25) is 5.02 Å². The number of carbonyl (C=O) groups is 1. The van der Waals surface area contributed by atoms with Gasteiger partial charge in [-0.3, -0.25) is 0 Å². The first-order valence-corrected chi connectivity index (χ1v) is 8.65. The number of benzene rings is 3. The molecule has 0 atom stereocenters. The van der Waals surface area contributed by atoms with Crippen LogP contribution in [0.15, 0.2) is 78.9 Å². The third kappa shape index (κ3) is 4.24. The summed E-state index contributed by atoms with van der Waals surface area (Å²) in [7, 11) is 0. The summed E-state index contributed by atoms with van der Waals surface area (Å²) < 4.78 is 11.4. The highest BCUT2D eigenvalue weighted by molar-refractivity contribution is 6.32. The number of carbonyl (C=O) groups excluding carboxylic acids is 1. The number of esters is 1. The summed E-state index contributed by atoms with van der Waals surface area (Å²) in [6.07, 6.45) is 0. The maximum absolute atomic E-state index is 12.3. The molecule has 3 nitrogen and oxygen atoms in total. The zero-order valence-corrected chi connectivity index (χ0v) is 15.4. The summed E-state index contributed by atoms with van der Waals surface area (Å²) in [6.45, 7) is 4.00. The normalized spacial score (nSPS) is 11.0. The van der Waals surface area contributed by atoms with Crippen LogP contribution < -0.4 is 9.47 Å². The van der Waals surface area contributed by atoms with Crippen molar-refractivity contribution in [3.63, 3.8) is 0 Å². The van der Waals surface area contributed by atoms with Crippen LogP contribution in [0, 0.1) is 0 Å². The molecule has 0 amide bonds. The van der Waals surface area contributed by atoms with Crippen LogP contribution in [0.3, 0.4) is 0 Å². The highest BCUT2D eigenvalue weighted by atomic mass is 35.5. The van der Waals surface area contributed by atoms with E-state index < -0.39 is 11.6 Å². The molecule has 3 aromatic carbocycles. The Balaban J connectivity index is 1.70. The fraction of sp³-hybridized carbons (Fsp3) is 0.136. The Morgan fingerprint density at radius 1 is 0.846 bits per heavy atom. The Kier molecular flexibility index (Phi) is 5.29. The molecule has 132 valence electrons. The lowest BCUT2D eigenvalue weighted by Crippen LogP contribution is -2.25. The van der Waals surface area contributed by atoms with Gasteiger partial charge < -0.3 is 9.47 Å². The lowest BCUT2D eigenvalue weighted by molar-refractivity contribution is 0.0734. The van der Waals surface area contributed by atoms with Crippen molar-refractivity contribution in [2.45, 2.75) is 19.4 Å². The van der Waals surface area contributed by atoms with Crippen molar-refractivity contribution >= 4 is 17.6 Å². The van der Waals surface area contributed by atoms with Gasteiger partial charge in [0.05, 0.1) is 10.6 Å². The molecule has 0 saturated heterocycles. The molecule has 3 aromatic rings. The fourth-order valence-electron chi connectivity index (χ4n) is 2.54. The number of para-hydroxylation sites is 1. The first-order valence-electron chi connectivity index (χ1n) is 8.27. The van der Waals surface area contributed by atoms with E-state index in [0.29, 0.717) is 22.1 Å². The van der Waals surface area contributed by atoms with Crippen LogP contribution >= 0.6 is 11.6 Å². The Labute approximate surface area is 158 Å². The van der Waals surface area contributed by atoms with E-state index >= 15 is 0 Å². The average Bonchev–Trinajstić information content (AvgIpc) is 2.64. The van der Waals surface area contributed by atoms with E-state index in [1.807, 2.05) is 44.2 Å². The lowest BCUT2D eigenvalue weighted by atomic mass is 9.98. The Morgan fingerprint density at radius 3 is 2.12 bits per heavy atom. The van der Waals surface area contributed by atoms with Gasteiger partial charge in [0.25, 0.3) is 0 Å². The van der Waals surface area contributed by atoms with Crippen molar-refractivity contribution in [2.75, 3.05) is 0 Å². The Bertz CT molecular complexity index is 887. The SMILES string of the molecule is CC(C)(Oc1ccc(C(=O)Oc2ccccc2Cl)cc1)c1ccccc1. The monoisotopic (exact) mass is 366 g/mol. The molecular weight excluding hydrogens is 348 g/mol. The summed E-state index contributed by atoms with van der Waals surface area (Å²) >= 11 is 6.01. The predicted molar refractivity (Wildman–Crippen MR) is 103 cm³/mol. The first kappa shape index (κ1) is 18.0. The predicted octanol–water partition coefficient (Wildman–Crippen LogP) is 5.87. The molecule has 0 unspecified atom stereocenters. The molecule has 0 radical (unpaired) electrons.